The molecule has 0 amide bonds. The van der Waals surface area contributed by atoms with E-state index in [4.69, 9.17) is 9.47 Å². The number of rotatable bonds is 31. The van der Waals surface area contributed by atoms with Crippen LogP contribution in [0.2, 0.25) is 0 Å². The Morgan fingerprint density at radius 2 is 1.02 bits per heavy atom. The van der Waals surface area contributed by atoms with E-state index in [1.165, 1.54) is 42.1 Å². The van der Waals surface area contributed by atoms with E-state index in [9.17, 15) is 29.4 Å². The molecule has 0 aromatic rings. The molecule has 0 bridgehead atoms. The summed E-state index contributed by atoms with van der Waals surface area (Å²) in [6.45, 7) is 16.7. The molecule has 8 heteroatoms. The number of hydrogen-bond donors (Lipinski definition) is 2. The summed E-state index contributed by atoms with van der Waals surface area (Å²) in [4.78, 5) is 49.5. The average Bonchev–Trinajstić information content (AvgIpc) is 3.16. The van der Waals surface area contributed by atoms with Gasteiger partial charge in [-0.25, -0.2) is 0 Å². The number of ether oxygens (including phenoxy) is 2. The summed E-state index contributed by atoms with van der Waals surface area (Å²) < 4.78 is 9.73. The van der Waals surface area contributed by atoms with Gasteiger partial charge in [0, 0.05) is 0 Å². The van der Waals surface area contributed by atoms with Crippen LogP contribution in [-0.4, -0.2) is 48.3 Å². The van der Waals surface area contributed by atoms with Gasteiger partial charge in [0.25, 0.3) is 0 Å². The van der Waals surface area contributed by atoms with Gasteiger partial charge in [0.15, 0.2) is 0 Å². The van der Waals surface area contributed by atoms with Crippen LogP contribution in [0.3, 0.4) is 0 Å². The Hall–Kier alpha value is -4.20. The molecule has 8 nitrogen and oxygen atoms in total. The molecule has 0 spiro atoms. The number of carbonyl (C=O) groups is 4. The lowest BCUT2D eigenvalue weighted by Gasteiger charge is -2.23. The molecule has 0 aromatic heterocycles. The van der Waals surface area contributed by atoms with Gasteiger partial charge in [-0.15, -0.1) is 0 Å². The number of carbonyl (C=O) groups excluding carboxylic acids is 2. The minimum absolute atomic E-state index is 0.202. The molecule has 0 radical (unpaired) electrons. The second kappa shape index (κ2) is 32.7. The standard InChI is InChI=1S/C50H78O8/c1-11-12-13-14-15-16-30-44(46(50(55)56)36-48(52)58-10)34-33-42(28-19-26-39(6)24-17-22-37(2)3)29-21-32-43(31-20-27-40(7)25-18-23-38(4)5)41(8)45(49(53)54)35-47(51)57-9/h12-13,16,22-23,26-27,30,32-33,41,44-46H,11,14-15,17-21,24-25,28-29,31,34-36H2,1-10H3,(H,53,54)(H,55,56)/b13-12+,30-16+,39-26+,40-27+,42-33+,43-32+. The predicted octanol–water partition coefficient (Wildman–Crippen LogP) is 13.0. The van der Waals surface area contributed by atoms with E-state index in [-0.39, 0.29) is 18.8 Å². The van der Waals surface area contributed by atoms with E-state index in [2.05, 4.69) is 97.1 Å². The van der Waals surface area contributed by atoms with Crippen molar-refractivity contribution in [1.29, 1.82) is 0 Å². The molecule has 0 saturated heterocycles. The first-order valence-corrected chi connectivity index (χ1v) is 21.4. The molecule has 4 atom stereocenters. The fourth-order valence-corrected chi connectivity index (χ4v) is 6.77. The van der Waals surface area contributed by atoms with Gasteiger partial charge in [-0.05, 0) is 143 Å². The van der Waals surface area contributed by atoms with Gasteiger partial charge in [-0.3, -0.25) is 19.2 Å². The number of hydrogen-bond acceptors (Lipinski definition) is 6. The molecule has 0 heterocycles. The Balaban J connectivity index is 6.77. The summed E-state index contributed by atoms with van der Waals surface area (Å²) >= 11 is 0. The van der Waals surface area contributed by atoms with Gasteiger partial charge >= 0.3 is 23.9 Å². The van der Waals surface area contributed by atoms with Gasteiger partial charge in [-0.2, -0.15) is 0 Å². The minimum Gasteiger partial charge on any atom is -0.481 e. The number of aliphatic carboxylic acids is 2. The number of carboxylic acids is 2. The summed E-state index contributed by atoms with van der Waals surface area (Å²) in [5.74, 6) is -5.78. The highest BCUT2D eigenvalue weighted by atomic mass is 16.5. The SMILES string of the molecule is CC/C=C/CC/C=C/C(C/C=C(\CC/C=C(\C)CCC=C(C)C)CC/C=C(\CC/C=C(\C)CCC=C(C)C)C(C)C(CC(=O)OC)C(=O)O)C(CC(=O)OC)C(=O)O. The highest BCUT2D eigenvalue weighted by molar-refractivity contribution is 5.80. The number of esters is 2. The van der Waals surface area contributed by atoms with Crippen LogP contribution in [0.4, 0.5) is 0 Å². The van der Waals surface area contributed by atoms with Crippen molar-refractivity contribution in [2.24, 2.45) is 23.7 Å². The zero-order valence-corrected chi connectivity index (χ0v) is 37.7. The third-order valence-electron chi connectivity index (χ3n) is 10.5. The fourth-order valence-electron chi connectivity index (χ4n) is 6.77. The fraction of sp³-hybridized carbons (Fsp3) is 0.600. The summed E-state index contributed by atoms with van der Waals surface area (Å²) in [6, 6.07) is 0. The van der Waals surface area contributed by atoms with E-state index in [0.29, 0.717) is 25.7 Å². The third kappa shape index (κ3) is 26.7. The number of unbranched alkanes of at least 4 members (excludes halogenated alkanes) is 1. The minimum atomic E-state index is -1.03. The maximum absolute atomic E-state index is 12.5. The van der Waals surface area contributed by atoms with Crippen molar-refractivity contribution in [3.8, 4) is 0 Å². The lowest BCUT2D eigenvalue weighted by molar-refractivity contribution is -0.151. The molecular formula is C50H78O8. The summed E-state index contributed by atoms with van der Waals surface area (Å²) in [5.41, 5.74) is 7.39. The highest BCUT2D eigenvalue weighted by Crippen LogP contribution is 2.31. The van der Waals surface area contributed by atoms with Crippen molar-refractivity contribution < 1.29 is 38.9 Å². The number of carboxylic acid groups (broad SMARTS) is 2. The predicted molar refractivity (Wildman–Crippen MR) is 239 cm³/mol. The second-order valence-corrected chi connectivity index (χ2v) is 16.0. The molecule has 326 valence electrons. The van der Waals surface area contributed by atoms with Crippen molar-refractivity contribution in [1.82, 2.24) is 0 Å². The van der Waals surface area contributed by atoms with Crippen LogP contribution in [0.1, 0.15) is 158 Å². The van der Waals surface area contributed by atoms with Crippen LogP contribution in [-0.2, 0) is 28.7 Å². The van der Waals surface area contributed by atoms with Crippen molar-refractivity contribution >= 4 is 23.9 Å². The van der Waals surface area contributed by atoms with Gasteiger partial charge < -0.3 is 19.7 Å². The Bertz CT molecular complexity index is 1490. The molecule has 0 rings (SSSR count). The van der Waals surface area contributed by atoms with Gasteiger partial charge in [0.2, 0.25) is 0 Å². The van der Waals surface area contributed by atoms with Crippen LogP contribution in [0.5, 0.6) is 0 Å². The molecule has 0 aliphatic rings. The van der Waals surface area contributed by atoms with Crippen molar-refractivity contribution in [2.45, 2.75) is 158 Å². The first-order chi connectivity index (χ1) is 27.6. The summed E-state index contributed by atoms with van der Waals surface area (Å²) in [6.07, 6.45) is 32.5. The zero-order valence-electron chi connectivity index (χ0n) is 37.7. The summed E-state index contributed by atoms with van der Waals surface area (Å²) in [5, 5.41) is 20.4. The monoisotopic (exact) mass is 807 g/mol. The maximum atomic E-state index is 12.5. The van der Waals surface area contributed by atoms with Gasteiger partial charge in [-0.1, -0.05) is 108 Å². The Kier molecular flexibility index (Phi) is 30.4. The van der Waals surface area contributed by atoms with E-state index < -0.39 is 41.6 Å². The van der Waals surface area contributed by atoms with Gasteiger partial charge in [0.05, 0.1) is 38.9 Å². The maximum Gasteiger partial charge on any atom is 0.307 e. The van der Waals surface area contributed by atoms with E-state index in [0.717, 1.165) is 69.8 Å². The quantitative estimate of drug-likeness (QED) is 0.0403. The van der Waals surface area contributed by atoms with Gasteiger partial charge in [0.1, 0.15) is 0 Å². The molecule has 0 fully saturated rings. The van der Waals surface area contributed by atoms with Crippen molar-refractivity contribution in [2.75, 3.05) is 14.2 Å². The van der Waals surface area contributed by atoms with E-state index in [1.807, 2.05) is 19.1 Å². The Labute approximate surface area is 352 Å². The van der Waals surface area contributed by atoms with Crippen molar-refractivity contribution in [3.05, 3.63) is 94.2 Å². The first kappa shape index (κ1) is 53.8. The number of methoxy groups -OCH3 is 2. The summed E-state index contributed by atoms with van der Waals surface area (Å²) in [7, 11) is 2.55. The van der Waals surface area contributed by atoms with Crippen LogP contribution in [0.15, 0.2) is 94.2 Å². The van der Waals surface area contributed by atoms with Crippen LogP contribution in [0, 0.1) is 23.7 Å². The Morgan fingerprint density at radius 3 is 1.50 bits per heavy atom. The number of allylic oxidation sites excluding steroid dienone is 16. The molecule has 58 heavy (non-hydrogen) atoms. The molecule has 4 unspecified atom stereocenters. The Morgan fingerprint density at radius 1 is 0.552 bits per heavy atom. The second-order valence-electron chi connectivity index (χ2n) is 16.0. The zero-order chi connectivity index (χ0) is 43.9. The topological polar surface area (TPSA) is 127 Å². The molecule has 2 N–H and O–H groups in total. The molecule has 0 aliphatic heterocycles. The average molecular weight is 807 g/mol. The largest absolute Gasteiger partial charge is 0.481 e. The molecule has 0 aromatic carbocycles. The molecule has 0 aliphatic carbocycles. The smallest absolute Gasteiger partial charge is 0.307 e. The van der Waals surface area contributed by atoms with Crippen LogP contribution in [0.25, 0.3) is 0 Å². The van der Waals surface area contributed by atoms with Crippen LogP contribution >= 0.6 is 0 Å². The third-order valence-corrected chi connectivity index (χ3v) is 10.5. The first-order valence-electron chi connectivity index (χ1n) is 21.4. The van der Waals surface area contributed by atoms with Crippen LogP contribution < -0.4 is 0 Å². The van der Waals surface area contributed by atoms with E-state index >= 15 is 0 Å². The molecular weight excluding hydrogens is 729 g/mol. The van der Waals surface area contributed by atoms with E-state index in [1.54, 1.807) is 0 Å². The normalized spacial score (nSPS) is 14.9. The lowest BCUT2D eigenvalue weighted by Crippen LogP contribution is -2.26. The molecule has 0 saturated carbocycles. The lowest BCUT2D eigenvalue weighted by atomic mass is 9.82. The van der Waals surface area contributed by atoms with Crippen molar-refractivity contribution in [3.63, 3.8) is 0 Å². The highest BCUT2D eigenvalue weighted by Gasteiger charge is 2.30.